The monoisotopic (exact) mass is 691 g/mol. The molecule has 5 aromatic rings. The number of aliphatic hydroxyl groups excluding tert-OH is 1. The molecule has 51 heavy (non-hydrogen) atoms. The van der Waals surface area contributed by atoms with Crippen molar-refractivity contribution in [2.45, 2.75) is 102 Å². The molecule has 270 valence electrons. The van der Waals surface area contributed by atoms with Gasteiger partial charge in [0.25, 0.3) is 0 Å². The summed E-state index contributed by atoms with van der Waals surface area (Å²) < 4.78 is 34.6. The van der Waals surface area contributed by atoms with E-state index >= 15 is 0 Å². The number of fused-ring (bicyclic) bond motifs is 1. The second kappa shape index (κ2) is 18.6. The van der Waals surface area contributed by atoms with Crippen molar-refractivity contribution >= 4 is 10.9 Å². The molecule has 0 amide bonds. The number of nitrogens with one attached hydrogen (secondary N) is 1. The maximum atomic E-state index is 12.9. The van der Waals surface area contributed by atoms with Crippen LogP contribution in [0.4, 0.5) is 0 Å². The standard InChI is InChI=1S/C44H53NO6/c1-3-5-6-7-19-28-47-40-39(48-30-33-20-11-8-12-21-33)41(49-31-34-22-13-9-14-23-34)43(50-32-35-24-15-10-16-25-35)44(42(40)46,51-4-2)37-29-45-38-27-18-17-26-36(37)38/h8-18,20-27,29,39-43,45-46H,3-7,19,28,30-32H2,1-2H3. The number of hydrogen-bond acceptors (Lipinski definition) is 6. The van der Waals surface area contributed by atoms with Gasteiger partial charge in [0, 0.05) is 35.9 Å². The van der Waals surface area contributed by atoms with E-state index in [1.165, 1.54) is 12.8 Å². The molecule has 2 N–H and O–H groups in total. The van der Waals surface area contributed by atoms with Crippen LogP contribution in [0, 0.1) is 0 Å². The van der Waals surface area contributed by atoms with Gasteiger partial charge in [-0.25, -0.2) is 0 Å². The zero-order valence-electron chi connectivity index (χ0n) is 30.0. The summed E-state index contributed by atoms with van der Waals surface area (Å²) in [6, 6.07) is 38.4. The van der Waals surface area contributed by atoms with Gasteiger partial charge < -0.3 is 33.8 Å². The predicted molar refractivity (Wildman–Crippen MR) is 201 cm³/mol. The van der Waals surface area contributed by atoms with Crippen LogP contribution in [0.5, 0.6) is 0 Å². The Kier molecular flexibility index (Phi) is 13.5. The minimum atomic E-state index is -1.37. The van der Waals surface area contributed by atoms with Gasteiger partial charge in [-0.2, -0.15) is 0 Å². The number of rotatable bonds is 19. The Balaban J connectivity index is 1.47. The van der Waals surface area contributed by atoms with Crippen molar-refractivity contribution in [1.82, 2.24) is 4.98 Å². The highest BCUT2D eigenvalue weighted by molar-refractivity contribution is 5.84. The lowest BCUT2D eigenvalue weighted by molar-refractivity contribution is -0.321. The van der Waals surface area contributed by atoms with Crippen molar-refractivity contribution in [2.75, 3.05) is 13.2 Å². The maximum Gasteiger partial charge on any atom is 0.152 e. The van der Waals surface area contributed by atoms with E-state index in [9.17, 15) is 5.11 Å². The Morgan fingerprint density at radius 1 is 0.588 bits per heavy atom. The summed E-state index contributed by atoms with van der Waals surface area (Å²) in [7, 11) is 0. The van der Waals surface area contributed by atoms with Crippen LogP contribution in [0.15, 0.2) is 121 Å². The molecule has 0 spiro atoms. The van der Waals surface area contributed by atoms with Crippen LogP contribution < -0.4 is 0 Å². The summed E-state index contributed by atoms with van der Waals surface area (Å²) in [6.07, 6.45) is 3.30. The highest BCUT2D eigenvalue weighted by Gasteiger charge is 2.64. The van der Waals surface area contributed by atoms with E-state index in [0.717, 1.165) is 52.4 Å². The lowest BCUT2D eigenvalue weighted by Gasteiger charge is -2.55. The first-order chi connectivity index (χ1) is 25.2. The van der Waals surface area contributed by atoms with Crippen LogP contribution in [-0.4, -0.2) is 53.8 Å². The topological polar surface area (TPSA) is 82.2 Å². The summed E-state index contributed by atoms with van der Waals surface area (Å²) >= 11 is 0. The van der Waals surface area contributed by atoms with E-state index in [0.29, 0.717) is 26.4 Å². The molecule has 1 fully saturated rings. The number of ether oxygens (including phenoxy) is 5. The van der Waals surface area contributed by atoms with Gasteiger partial charge in [0.15, 0.2) is 5.60 Å². The molecule has 7 heteroatoms. The number of unbranched alkanes of at least 4 members (excludes halogenated alkanes) is 4. The summed E-state index contributed by atoms with van der Waals surface area (Å²) in [4.78, 5) is 3.44. The van der Waals surface area contributed by atoms with E-state index in [1.54, 1.807) is 0 Å². The molecule has 1 aliphatic rings. The number of aromatic nitrogens is 1. The zero-order chi connectivity index (χ0) is 35.3. The lowest BCUT2D eigenvalue weighted by Crippen LogP contribution is -2.71. The van der Waals surface area contributed by atoms with Gasteiger partial charge in [0.2, 0.25) is 0 Å². The van der Waals surface area contributed by atoms with Gasteiger partial charge in [0.05, 0.1) is 19.8 Å². The van der Waals surface area contributed by atoms with E-state index in [-0.39, 0.29) is 6.61 Å². The molecule has 1 aromatic heterocycles. The smallest absolute Gasteiger partial charge is 0.152 e. The van der Waals surface area contributed by atoms with Crippen molar-refractivity contribution in [1.29, 1.82) is 0 Å². The van der Waals surface area contributed by atoms with Crippen LogP contribution in [0.3, 0.4) is 0 Å². The lowest BCUT2D eigenvalue weighted by atomic mass is 9.70. The van der Waals surface area contributed by atoms with Gasteiger partial charge in [-0.05, 0) is 36.1 Å². The third-order valence-corrected chi connectivity index (χ3v) is 9.91. The SMILES string of the molecule is CCCCCCCOC1C(OCc2ccccc2)C(OCc2ccccc2)C(OCc2ccccc2)C(OCC)(c2c[nH]c3ccccc23)C1O. The predicted octanol–water partition coefficient (Wildman–Crippen LogP) is 8.89. The average molecular weight is 692 g/mol. The number of H-pyrrole nitrogens is 1. The van der Waals surface area contributed by atoms with Crippen molar-refractivity contribution in [3.63, 3.8) is 0 Å². The normalized spacial score (nSPS) is 23.5. The third kappa shape index (κ3) is 8.80. The van der Waals surface area contributed by atoms with Gasteiger partial charge in [-0.3, -0.25) is 0 Å². The fraction of sp³-hybridized carbons (Fsp3) is 0.409. The second-order valence-corrected chi connectivity index (χ2v) is 13.4. The first-order valence-corrected chi connectivity index (χ1v) is 18.6. The molecular weight excluding hydrogens is 638 g/mol. The first-order valence-electron chi connectivity index (χ1n) is 18.6. The van der Waals surface area contributed by atoms with Gasteiger partial charge >= 0.3 is 0 Å². The van der Waals surface area contributed by atoms with Crippen LogP contribution in [0.25, 0.3) is 10.9 Å². The van der Waals surface area contributed by atoms with Crippen LogP contribution in [0.2, 0.25) is 0 Å². The Morgan fingerprint density at radius 3 is 1.75 bits per heavy atom. The number of hydrogen-bond donors (Lipinski definition) is 2. The van der Waals surface area contributed by atoms with E-state index < -0.39 is 36.1 Å². The maximum absolute atomic E-state index is 12.9. The van der Waals surface area contributed by atoms with Gasteiger partial charge in [-0.1, -0.05) is 142 Å². The van der Waals surface area contributed by atoms with Crippen molar-refractivity contribution in [3.8, 4) is 0 Å². The number of para-hydroxylation sites is 1. The molecule has 1 aliphatic carbocycles. The minimum Gasteiger partial charge on any atom is -0.387 e. The van der Waals surface area contributed by atoms with Gasteiger partial charge in [0.1, 0.15) is 30.5 Å². The molecule has 4 aromatic carbocycles. The molecule has 0 bridgehead atoms. The molecule has 0 saturated heterocycles. The fourth-order valence-electron chi connectivity index (χ4n) is 7.38. The molecule has 0 aliphatic heterocycles. The Morgan fingerprint density at radius 2 is 1.14 bits per heavy atom. The van der Waals surface area contributed by atoms with E-state index in [4.69, 9.17) is 23.7 Å². The van der Waals surface area contributed by atoms with Crippen molar-refractivity contribution in [3.05, 3.63) is 144 Å². The number of aromatic amines is 1. The van der Waals surface area contributed by atoms with E-state index in [2.05, 4.69) is 30.1 Å². The Hall–Kier alpha value is -3.82. The summed E-state index contributed by atoms with van der Waals surface area (Å²) in [5.74, 6) is 0. The van der Waals surface area contributed by atoms with E-state index in [1.807, 2.05) is 110 Å². The molecular formula is C44H53NO6. The molecule has 1 heterocycles. The summed E-state index contributed by atoms with van der Waals surface area (Å²) in [6.45, 7) is 5.90. The van der Waals surface area contributed by atoms with Crippen molar-refractivity contribution < 1.29 is 28.8 Å². The molecule has 6 atom stereocenters. The first kappa shape index (κ1) is 37.0. The molecule has 7 nitrogen and oxygen atoms in total. The number of benzene rings is 4. The quantitative estimate of drug-likeness (QED) is 0.0843. The van der Waals surface area contributed by atoms with Gasteiger partial charge in [-0.15, -0.1) is 0 Å². The molecule has 6 unspecified atom stereocenters. The third-order valence-electron chi connectivity index (χ3n) is 9.91. The van der Waals surface area contributed by atoms with Crippen LogP contribution >= 0.6 is 0 Å². The highest BCUT2D eigenvalue weighted by Crippen LogP contribution is 2.48. The van der Waals surface area contributed by atoms with Crippen molar-refractivity contribution in [2.24, 2.45) is 0 Å². The molecule has 1 saturated carbocycles. The minimum absolute atomic E-state index is 0.287. The largest absolute Gasteiger partial charge is 0.387 e. The zero-order valence-corrected chi connectivity index (χ0v) is 30.0. The number of aliphatic hydroxyl groups is 1. The van der Waals surface area contributed by atoms with Crippen LogP contribution in [-0.2, 0) is 49.1 Å². The molecule has 0 radical (unpaired) electrons. The van der Waals surface area contributed by atoms with Crippen LogP contribution in [0.1, 0.15) is 68.2 Å². The highest BCUT2D eigenvalue weighted by atomic mass is 16.6. The Labute approximate surface area is 302 Å². The summed E-state index contributed by atoms with van der Waals surface area (Å²) in [5, 5.41) is 13.9. The summed E-state index contributed by atoms with van der Waals surface area (Å²) in [5.41, 5.74) is 3.42. The average Bonchev–Trinajstić information content (AvgIpc) is 3.62. The fourth-order valence-corrected chi connectivity index (χ4v) is 7.38. The Bertz CT molecular complexity index is 1710. The second-order valence-electron chi connectivity index (χ2n) is 13.4. The molecule has 6 rings (SSSR count).